The minimum atomic E-state index is -0.839. The molecule has 53 heavy (non-hydrogen) atoms. The predicted molar refractivity (Wildman–Crippen MR) is 221 cm³/mol. The zero-order chi connectivity index (χ0) is 35.8. The van der Waals surface area contributed by atoms with Crippen molar-refractivity contribution in [1.82, 2.24) is 0 Å². The van der Waals surface area contributed by atoms with Gasteiger partial charge in [0.05, 0.1) is 5.41 Å². The molecule has 8 aromatic rings. The zero-order valence-corrected chi connectivity index (χ0v) is 29.1. The van der Waals surface area contributed by atoms with Gasteiger partial charge in [-0.15, -0.1) is 12.8 Å². The van der Waals surface area contributed by atoms with Gasteiger partial charge < -0.3 is 0 Å². The average Bonchev–Trinajstić information content (AvgIpc) is 3.54. The standard InChI is InChI=1S/C53H34/c1-3-41-49(35-33-43(37-21-9-5-10-22-37)51(41)39-25-13-7-14-26-39)53(47-31-19-17-29-45(47)46-30-18-20-32-48(46)53)50-36-34-44(38-23-11-6-12-24-38)52(42(50)4-2)40-27-15-8-16-28-40/h1-2,5-36H. The molecule has 1 aliphatic rings. The Morgan fingerprint density at radius 2 is 0.604 bits per heavy atom. The Morgan fingerprint density at radius 3 is 0.962 bits per heavy atom. The van der Waals surface area contributed by atoms with E-state index in [9.17, 15) is 0 Å². The molecule has 0 radical (unpaired) electrons. The molecule has 8 aromatic carbocycles. The van der Waals surface area contributed by atoms with Crippen molar-refractivity contribution in [3.05, 3.63) is 228 Å². The van der Waals surface area contributed by atoms with Gasteiger partial charge in [-0.05, 0) is 66.8 Å². The van der Waals surface area contributed by atoms with Gasteiger partial charge in [-0.3, -0.25) is 0 Å². The van der Waals surface area contributed by atoms with E-state index in [2.05, 4.69) is 194 Å². The number of fused-ring (bicyclic) bond motifs is 3. The van der Waals surface area contributed by atoms with Gasteiger partial charge in [0.1, 0.15) is 0 Å². The summed E-state index contributed by atoms with van der Waals surface area (Å²) >= 11 is 0. The highest BCUT2D eigenvalue weighted by atomic mass is 14.5. The van der Waals surface area contributed by atoms with E-state index in [0.29, 0.717) is 0 Å². The monoisotopic (exact) mass is 670 g/mol. The smallest absolute Gasteiger partial charge is 0.0738 e. The van der Waals surface area contributed by atoms with Gasteiger partial charge in [0.15, 0.2) is 0 Å². The summed E-state index contributed by atoms with van der Waals surface area (Å²) in [4.78, 5) is 0. The van der Waals surface area contributed by atoms with Gasteiger partial charge in [0.25, 0.3) is 0 Å². The quantitative estimate of drug-likeness (QED) is 0.155. The summed E-state index contributed by atoms with van der Waals surface area (Å²) in [6.07, 6.45) is 13.6. The van der Waals surface area contributed by atoms with Crippen LogP contribution in [0.3, 0.4) is 0 Å². The molecule has 1 aliphatic carbocycles. The molecule has 0 amide bonds. The molecule has 0 nitrogen and oxygen atoms in total. The Kier molecular flexibility index (Phi) is 7.93. The molecule has 0 spiro atoms. The molecule has 0 atom stereocenters. The second-order valence-electron chi connectivity index (χ2n) is 13.4. The number of rotatable bonds is 6. The molecule has 0 saturated carbocycles. The van der Waals surface area contributed by atoms with E-state index in [-0.39, 0.29) is 0 Å². The summed E-state index contributed by atoms with van der Waals surface area (Å²) in [5.74, 6) is 6.55. The van der Waals surface area contributed by atoms with E-state index in [1.54, 1.807) is 0 Å². The van der Waals surface area contributed by atoms with Crippen LogP contribution in [-0.4, -0.2) is 0 Å². The Morgan fingerprint density at radius 1 is 0.283 bits per heavy atom. The normalized spacial score (nSPS) is 12.3. The lowest BCUT2D eigenvalue weighted by Crippen LogP contribution is -2.31. The van der Waals surface area contributed by atoms with Crippen LogP contribution >= 0.6 is 0 Å². The van der Waals surface area contributed by atoms with Gasteiger partial charge in [-0.2, -0.15) is 0 Å². The number of terminal acetylenes is 2. The van der Waals surface area contributed by atoms with E-state index >= 15 is 0 Å². The summed E-state index contributed by atoms with van der Waals surface area (Å²) < 4.78 is 0. The Labute approximate surface area is 312 Å². The van der Waals surface area contributed by atoms with Gasteiger partial charge >= 0.3 is 0 Å². The first-order valence-corrected chi connectivity index (χ1v) is 17.9. The van der Waals surface area contributed by atoms with Crippen molar-refractivity contribution in [1.29, 1.82) is 0 Å². The maximum atomic E-state index is 6.78. The molecule has 0 saturated heterocycles. The first kappa shape index (κ1) is 31.8. The van der Waals surface area contributed by atoms with Crippen molar-refractivity contribution in [2.24, 2.45) is 0 Å². The van der Waals surface area contributed by atoms with Gasteiger partial charge in [0.2, 0.25) is 0 Å². The maximum absolute atomic E-state index is 6.78. The lowest BCUT2D eigenvalue weighted by Gasteiger charge is -2.37. The van der Waals surface area contributed by atoms with Crippen molar-refractivity contribution < 1.29 is 0 Å². The molecular formula is C53H34. The third kappa shape index (κ3) is 4.97. The second-order valence-corrected chi connectivity index (χ2v) is 13.4. The Balaban J connectivity index is 1.48. The predicted octanol–water partition coefficient (Wildman–Crippen LogP) is 12.7. The van der Waals surface area contributed by atoms with E-state index in [0.717, 1.165) is 77.9 Å². The largest absolute Gasteiger partial charge is 0.115 e. The highest BCUT2D eigenvalue weighted by molar-refractivity contribution is 5.96. The van der Waals surface area contributed by atoms with Gasteiger partial charge in [0, 0.05) is 22.3 Å². The molecular weight excluding hydrogens is 637 g/mol. The molecule has 0 fully saturated rings. The molecule has 0 N–H and O–H groups in total. The van der Waals surface area contributed by atoms with Crippen LogP contribution in [0.25, 0.3) is 55.6 Å². The van der Waals surface area contributed by atoms with Crippen molar-refractivity contribution in [3.63, 3.8) is 0 Å². The number of hydrogen-bond donors (Lipinski definition) is 0. The Hall–Kier alpha value is -7.12. The van der Waals surface area contributed by atoms with Crippen LogP contribution in [0.5, 0.6) is 0 Å². The van der Waals surface area contributed by atoms with Crippen LogP contribution in [0.1, 0.15) is 33.4 Å². The van der Waals surface area contributed by atoms with Crippen molar-refractivity contribution in [2.75, 3.05) is 0 Å². The molecule has 0 heteroatoms. The third-order valence-corrected chi connectivity index (χ3v) is 10.8. The van der Waals surface area contributed by atoms with E-state index < -0.39 is 5.41 Å². The number of benzene rings is 8. The molecule has 0 unspecified atom stereocenters. The fraction of sp³-hybridized carbons (Fsp3) is 0.0189. The first-order valence-electron chi connectivity index (χ1n) is 17.9. The molecule has 9 rings (SSSR count). The first-order chi connectivity index (χ1) is 26.3. The van der Waals surface area contributed by atoms with Gasteiger partial charge in [-0.25, -0.2) is 0 Å². The summed E-state index contributed by atoms with van der Waals surface area (Å²) in [6, 6.07) is 68.6. The van der Waals surface area contributed by atoms with Crippen LogP contribution in [-0.2, 0) is 5.41 Å². The molecule has 0 bridgehead atoms. The fourth-order valence-electron chi connectivity index (χ4n) is 8.62. The van der Waals surface area contributed by atoms with Crippen molar-refractivity contribution in [3.8, 4) is 80.3 Å². The average molecular weight is 671 g/mol. The Bertz CT molecular complexity index is 2510. The van der Waals surface area contributed by atoms with Crippen LogP contribution in [0, 0.1) is 24.7 Å². The van der Waals surface area contributed by atoms with E-state index in [1.807, 2.05) is 12.1 Å². The molecule has 0 heterocycles. The maximum Gasteiger partial charge on any atom is 0.0738 e. The second kappa shape index (κ2) is 13.2. The number of hydrogen-bond acceptors (Lipinski definition) is 0. The highest BCUT2D eigenvalue weighted by Crippen LogP contribution is 2.59. The van der Waals surface area contributed by atoms with Crippen molar-refractivity contribution in [2.45, 2.75) is 5.41 Å². The minimum Gasteiger partial charge on any atom is -0.115 e. The SMILES string of the molecule is C#Cc1c(C2(c3ccc(-c4ccccc4)c(-c4ccccc4)c3C#C)c3ccccc3-c3ccccc32)ccc(-c2ccccc2)c1-c1ccccc1. The zero-order valence-electron chi connectivity index (χ0n) is 29.1. The van der Waals surface area contributed by atoms with Crippen molar-refractivity contribution >= 4 is 0 Å². The summed E-state index contributed by atoms with van der Waals surface area (Å²) in [5.41, 5.74) is 16.2. The van der Waals surface area contributed by atoms with E-state index in [1.165, 1.54) is 11.1 Å². The highest BCUT2D eigenvalue weighted by Gasteiger charge is 2.49. The van der Waals surface area contributed by atoms with Crippen LogP contribution in [0.2, 0.25) is 0 Å². The third-order valence-electron chi connectivity index (χ3n) is 10.8. The van der Waals surface area contributed by atoms with E-state index in [4.69, 9.17) is 12.8 Å². The van der Waals surface area contributed by atoms with Crippen LogP contribution in [0.4, 0.5) is 0 Å². The van der Waals surface area contributed by atoms with Crippen LogP contribution < -0.4 is 0 Å². The summed E-state index contributed by atoms with van der Waals surface area (Å²) in [7, 11) is 0. The minimum absolute atomic E-state index is 0.839. The fourth-order valence-corrected chi connectivity index (χ4v) is 8.62. The summed E-state index contributed by atoms with van der Waals surface area (Å²) in [5, 5.41) is 0. The lowest BCUT2D eigenvalue weighted by atomic mass is 9.63. The summed E-state index contributed by atoms with van der Waals surface area (Å²) in [6.45, 7) is 0. The molecule has 0 aliphatic heterocycles. The van der Waals surface area contributed by atoms with Crippen LogP contribution in [0.15, 0.2) is 194 Å². The van der Waals surface area contributed by atoms with Gasteiger partial charge in [-0.1, -0.05) is 206 Å². The topological polar surface area (TPSA) is 0 Å². The lowest BCUT2D eigenvalue weighted by molar-refractivity contribution is 0.764. The molecule has 246 valence electrons. The molecule has 0 aromatic heterocycles.